The van der Waals surface area contributed by atoms with E-state index in [4.69, 9.17) is 19.1 Å². The Kier molecular flexibility index (Phi) is 37.0. The van der Waals surface area contributed by atoms with Crippen LogP contribution in [0.15, 0.2) is 72.9 Å². The number of unbranched alkanes of at least 4 members (excludes halogenated alkanes) is 12. The quantitative estimate of drug-likeness (QED) is 0.0131. The second kappa shape index (κ2) is 38.8. The number of phosphoric acid groups is 1. The van der Waals surface area contributed by atoms with Gasteiger partial charge in [-0.1, -0.05) is 164 Å². The largest absolute Gasteiger partial charge is 0.472 e. The third-order valence-electron chi connectivity index (χ3n) is 8.56. The van der Waals surface area contributed by atoms with Gasteiger partial charge in [0.15, 0.2) is 6.10 Å². The van der Waals surface area contributed by atoms with Gasteiger partial charge in [0.2, 0.25) is 0 Å². The Hall–Kier alpha value is -2.67. The van der Waals surface area contributed by atoms with Crippen molar-refractivity contribution in [3.63, 3.8) is 0 Å². The van der Waals surface area contributed by atoms with Crippen LogP contribution < -0.4 is 0 Å². The van der Waals surface area contributed by atoms with Gasteiger partial charge in [0, 0.05) is 12.8 Å². The second-order valence-corrected chi connectivity index (χ2v) is 15.5. The third kappa shape index (κ3) is 38.6. The molecular weight excluding hydrogens is 751 g/mol. The molecule has 12 nitrogen and oxygen atoms in total. The van der Waals surface area contributed by atoms with E-state index in [2.05, 4.69) is 11.4 Å². The molecule has 0 spiro atoms. The summed E-state index contributed by atoms with van der Waals surface area (Å²) < 4.78 is 32.5. The Bertz CT molecular complexity index is 1210. The molecular formula is C44H75O12P. The van der Waals surface area contributed by atoms with E-state index in [0.717, 1.165) is 25.7 Å². The van der Waals surface area contributed by atoms with Gasteiger partial charge in [-0.25, -0.2) is 4.57 Å². The topological polar surface area (TPSA) is 189 Å². The number of aliphatic hydroxyl groups is 4. The fourth-order valence-electron chi connectivity index (χ4n) is 5.25. The van der Waals surface area contributed by atoms with Gasteiger partial charge in [0.1, 0.15) is 12.7 Å². The number of aliphatic hydroxyl groups excluding tert-OH is 4. The minimum absolute atomic E-state index is 0.000673. The molecule has 13 heteroatoms. The summed E-state index contributed by atoms with van der Waals surface area (Å²) in [5, 5.41) is 38.2. The number of rotatable bonds is 38. The molecule has 0 bridgehead atoms. The molecule has 1 unspecified atom stereocenters. The van der Waals surface area contributed by atoms with Crippen molar-refractivity contribution in [1.29, 1.82) is 0 Å². The molecule has 0 aromatic rings. The fourth-order valence-corrected chi connectivity index (χ4v) is 6.04. The van der Waals surface area contributed by atoms with E-state index in [-0.39, 0.29) is 19.4 Å². The van der Waals surface area contributed by atoms with Crippen LogP contribution in [0.3, 0.4) is 0 Å². The van der Waals surface area contributed by atoms with Crippen LogP contribution in [0.2, 0.25) is 0 Å². The maximum Gasteiger partial charge on any atom is 0.472 e. The predicted octanol–water partition coefficient (Wildman–Crippen LogP) is 8.83. The SMILES string of the molecule is CC/C=C\C[C@H](O)/C=C/C=C\C=C\[C@H](O)C/C=C\C/C=C\CCC(=O)O[C@H](COC(=O)CCCCCCCCCCCCCCC)COP(=O)(O)OC[C@@H](O)CO. The van der Waals surface area contributed by atoms with Gasteiger partial charge in [-0.15, -0.1) is 0 Å². The smallest absolute Gasteiger partial charge is 0.462 e. The van der Waals surface area contributed by atoms with Gasteiger partial charge < -0.3 is 34.8 Å². The molecule has 5 atom stereocenters. The van der Waals surface area contributed by atoms with Crippen molar-refractivity contribution in [2.45, 2.75) is 167 Å². The van der Waals surface area contributed by atoms with Crippen molar-refractivity contribution >= 4 is 19.8 Å². The monoisotopic (exact) mass is 826 g/mol. The fraction of sp³-hybridized carbons (Fsp3) is 0.682. The highest BCUT2D eigenvalue weighted by Crippen LogP contribution is 2.43. The van der Waals surface area contributed by atoms with Crippen LogP contribution in [-0.2, 0) is 32.7 Å². The lowest BCUT2D eigenvalue weighted by Crippen LogP contribution is -2.29. The molecule has 0 heterocycles. The molecule has 0 aromatic carbocycles. The lowest BCUT2D eigenvalue weighted by Gasteiger charge is -2.20. The molecule has 0 amide bonds. The first-order chi connectivity index (χ1) is 27.5. The van der Waals surface area contributed by atoms with Crippen molar-refractivity contribution in [3.8, 4) is 0 Å². The Balaban J connectivity index is 4.57. The Morgan fingerprint density at radius 2 is 1.14 bits per heavy atom. The highest BCUT2D eigenvalue weighted by Gasteiger charge is 2.27. The molecule has 0 saturated carbocycles. The molecule has 0 saturated heterocycles. The Morgan fingerprint density at radius 3 is 1.70 bits per heavy atom. The molecule has 0 radical (unpaired) electrons. The van der Waals surface area contributed by atoms with Crippen LogP contribution in [0.4, 0.5) is 0 Å². The highest BCUT2D eigenvalue weighted by molar-refractivity contribution is 7.47. The summed E-state index contributed by atoms with van der Waals surface area (Å²) in [5.74, 6) is -1.10. The van der Waals surface area contributed by atoms with Crippen molar-refractivity contribution in [3.05, 3.63) is 72.9 Å². The maximum atomic E-state index is 12.6. The molecule has 0 fully saturated rings. The minimum atomic E-state index is -4.67. The van der Waals surface area contributed by atoms with Crippen LogP contribution in [0.25, 0.3) is 0 Å². The Labute approximate surface area is 343 Å². The lowest BCUT2D eigenvalue weighted by molar-refractivity contribution is -0.161. The molecule has 0 aliphatic rings. The summed E-state index contributed by atoms with van der Waals surface area (Å²) >= 11 is 0. The number of hydrogen-bond donors (Lipinski definition) is 5. The average Bonchev–Trinajstić information content (AvgIpc) is 3.19. The first-order valence-corrected chi connectivity index (χ1v) is 22.6. The molecule has 57 heavy (non-hydrogen) atoms. The maximum absolute atomic E-state index is 12.6. The normalized spacial score (nSPS) is 15.7. The van der Waals surface area contributed by atoms with Gasteiger partial charge in [-0.2, -0.15) is 0 Å². The second-order valence-electron chi connectivity index (χ2n) is 14.0. The first kappa shape index (κ1) is 54.3. The number of ether oxygens (including phenoxy) is 2. The average molecular weight is 827 g/mol. The summed E-state index contributed by atoms with van der Waals surface area (Å²) in [6.07, 6.45) is 36.6. The summed E-state index contributed by atoms with van der Waals surface area (Å²) in [6.45, 7) is 1.97. The number of allylic oxidation sites excluding steroid dienone is 8. The number of carbonyl (C=O) groups excluding carboxylic acids is 2. The van der Waals surface area contributed by atoms with Gasteiger partial charge >= 0.3 is 19.8 Å². The number of carbonyl (C=O) groups is 2. The van der Waals surface area contributed by atoms with Gasteiger partial charge in [0.25, 0.3) is 0 Å². The van der Waals surface area contributed by atoms with Crippen molar-refractivity contribution in [2.75, 3.05) is 26.4 Å². The van der Waals surface area contributed by atoms with Crippen LogP contribution in [0.5, 0.6) is 0 Å². The van der Waals surface area contributed by atoms with Gasteiger partial charge in [-0.05, 0) is 38.5 Å². The Morgan fingerprint density at radius 1 is 0.614 bits per heavy atom. The highest BCUT2D eigenvalue weighted by atomic mass is 31.2. The van der Waals surface area contributed by atoms with E-state index < -0.39 is 64.0 Å². The molecule has 0 aliphatic heterocycles. The summed E-state index contributed by atoms with van der Waals surface area (Å²) in [4.78, 5) is 34.9. The van der Waals surface area contributed by atoms with E-state index in [9.17, 15) is 34.4 Å². The lowest BCUT2D eigenvalue weighted by atomic mass is 10.0. The number of phosphoric ester groups is 1. The van der Waals surface area contributed by atoms with Gasteiger partial charge in [0.05, 0.1) is 32.0 Å². The molecule has 0 aliphatic carbocycles. The van der Waals surface area contributed by atoms with E-state index in [1.54, 1.807) is 42.5 Å². The summed E-state index contributed by atoms with van der Waals surface area (Å²) in [6, 6.07) is 0. The first-order valence-electron chi connectivity index (χ1n) is 21.1. The summed E-state index contributed by atoms with van der Waals surface area (Å²) in [7, 11) is -4.67. The molecule has 0 aromatic heterocycles. The van der Waals surface area contributed by atoms with Crippen LogP contribution in [0, 0.1) is 0 Å². The van der Waals surface area contributed by atoms with Crippen molar-refractivity contribution < 1.29 is 58.0 Å². The van der Waals surface area contributed by atoms with Crippen molar-refractivity contribution in [1.82, 2.24) is 0 Å². The zero-order valence-corrected chi connectivity index (χ0v) is 35.6. The minimum Gasteiger partial charge on any atom is -0.462 e. The third-order valence-corrected chi connectivity index (χ3v) is 9.51. The summed E-state index contributed by atoms with van der Waals surface area (Å²) in [5.41, 5.74) is 0. The van der Waals surface area contributed by atoms with Crippen molar-refractivity contribution in [2.24, 2.45) is 0 Å². The standard InChI is InChI=1S/C44H75O12P/c1-3-5-7-8-9-10-11-12-13-14-15-19-27-33-43(49)53-37-42(38-55-57(51,52)54-36-41(48)35-45)56-44(50)34-28-20-17-16-18-24-30-40(47)32-26-22-21-25-31-39(46)29-23-6-4-2/h6,17-18,20-26,31-32,39-42,45-48H,3-5,7-16,19,27-30,33-38H2,1-2H3,(H,51,52)/b20-17-,22-21-,23-6-,24-18-,31-25+,32-26+/t39-,40+,41-,42+/m0/s1. The number of hydrogen-bond acceptors (Lipinski definition) is 11. The number of esters is 2. The van der Waals surface area contributed by atoms with Crippen LogP contribution >= 0.6 is 7.82 Å². The van der Waals surface area contributed by atoms with Crippen LogP contribution in [-0.4, -0.2) is 88.1 Å². The predicted molar refractivity (Wildman–Crippen MR) is 226 cm³/mol. The molecule has 0 rings (SSSR count). The van der Waals surface area contributed by atoms with E-state index in [1.165, 1.54) is 57.8 Å². The van der Waals surface area contributed by atoms with E-state index in [1.807, 2.05) is 37.3 Å². The zero-order valence-electron chi connectivity index (χ0n) is 34.7. The molecule has 5 N–H and O–H groups in total. The zero-order chi connectivity index (χ0) is 42.2. The molecule has 328 valence electrons. The van der Waals surface area contributed by atoms with Gasteiger partial charge in [-0.3, -0.25) is 18.6 Å². The van der Waals surface area contributed by atoms with E-state index >= 15 is 0 Å². The van der Waals surface area contributed by atoms with Crippen LogP contribution in [0.1, 0.15) is 142 Å². The van der Waals surface area contributed by atoms with E-state index in [0.29, 0.717) is 32.1 Å².